The summed E-state index contributed by atoms with van der Waals surface area (Å²) < 4.78 is 16.5. The van der Waals surface area contributed by atoms with Gasteiger partial charge < -0.3 is 29.5 Å². The highest BCUT2D eigenvalue weighted by Crippen LogP contribution is 2.33. The highest BCUT2D eigenvalue weighted by molar-refractivity contribution is 5.67. The second kappa shape index (κ2) is 9.25. The Bertz CT molecular complexity index is 978. The van der Waals surface area contributed by atoms with Gasteiger partial charge in [-0.05, 0) is 23.3 Å². The molecule has 30 heavy (non-hydrogen) atoms. The monoisotopic (exact) mass is 406 g/mol. The molecule has 0 fully saturated rings. The van der Waals surface area contributed by atoms with Crippen LogP contribution in [0.4, 0.5) is 4.79 Å². The Hall–Kier alpha value is -3.63. The number of carbonyl (C=O) groups excluding carboxylic acids is 1. The van der Waals surface area contributed by atoms with E-state index in [0.29, 0.717) is 36.8 Å². The number of nitrogens with zero attached hydrogens (tertiary/aromatic N) is 1. The van der Waals surface area contributed by atoms with E-state index in [1.54, 1.807) is 35.5 Å². The van der Waals surface area contributed by atoms with Crippen LogP contribution in [0.1, 0.15) is 17.2 Å². The summed E-state index contributed by atoms with van der Waals surface area (Å²) in [6, 6.07) is 14.0. The molecule has 0 radical (unpaired) electrons. The summed E-state index contributed by atoms with van der Waals surface area (Å²) in [6.07, 6.45) is 1.79. The molecule has 2 N–H and O–H groups in total. The number of hydrogen-bond donors (Lipinski definition) is 2. The van der Waals surface area contributed by atoms with Crippen LogP contribution in [0.25, 0.3) is 0 Å². The summed E-state index contributed by atoms with van der Waals surface area (Å²) in [5.41, 5.74) is 7.15. The van der Waals surface area contributed by atoms with E-state index in [1.165, 1.54) is 0 Å². The first-order chi connectivity index (χ1) is 14.7. The normalized spacial score (nSPS) is 15.7. The van der Waals surface area contributed by atoms with Crippen molar-refractivity contribution in [3.8, 4) is 11.5 Å². The van der Waals surface area contributed by atoms with Gasteiger partial charge in [0.15, 0.2) is 11.5 Å². The van der Waals surface area contributed by atoms with Crippen molar-refractivity contribution in [3.05, 3.63) is 83.5 Å². The molecular weight excluding hydrogens is 384 g/mol. The topological polar surface area (TPSA) is 80.3 Å². The van der Waals surface area contributed by atoms with Crippen LogP contribution in [0.5, 0.6) is 11.5 Å². The number of alkyl carbamates (subject to hydrolysis) is 1. The van der Waals surface area contributed by atoms with Crippen molar-refractivity contribution >= 4 is 6.09 Å². The fraction of sp³-hybridized carbons (Fsp3) is 0.261. The lowest BCUT2D eigenvalue weighted by molar-refractivity contribution is 0.0948. The Kier molecular flexibility index (Phi) is 6.06. The first kappa shape index (κ1) is 19.7. The maximum Gasteiger partial charge on any atom is 0.407 e. The number of rotatable bonds is 7. The SMILES string of the molecule is O=C(N[C@H](CN1C=C=C=C1)[C@H](O)c1ccc2c(c1)OCCO2)OCc1ccccc1. The summed E-state index contributed by atoms with van der Waals surface area (Å²) in [6.45, 7) is 1.41. The molecule has 4 rings (SSSR count). The van der Waals surface area contributed by atoms with E-state index in [2.05, 4.69) is 16.8 Å². The zero-order chi connectivity index (χ0) is 20.8. The van der Waals surface area contributed by atoms with E-state index >= 15 is 0 Å². The molecular formula is C23H22N2O5. The highest BCUT2D eigenvalue weighted by atomic mass is 16.6. The number of carbonyl (C=O) groups is 1. The Labute approximate surface area is 174 Å². The molecule has 2 heterocycles. The lowest BCUT2D eigenvalue weighted by atomic mass is 10.0. The third kappa shape index (κ3) is 4.85. The minimum Gasteiger partial charge on any atom is -0.486 e. The molecule has 2 aliphatic rings. The quantitative estimate of drug-likeness (QED) is 0.689. The van der Waals surface area contributed by atoms with Gasteiger partial charge in [0, 0.05) is 6.54 Å². The van der Waals surface area contributed by atoms with E-state index in [1.807, 2.05) is 30.3 Å². The van der Waals surface area contributed by atoms with Gasteiger partial charge in [-0.1, -0.05) is 47.9 Å². The number of fused-ring (bicyclic) bond motifs is 1. The van der Waals surface area contributed by atoms with Gasteiger partial charge in [0.25, 0.3) is 0 Å². The minimum absolute atomic E-state index is 0.143. The van der Waals surface area contributed by atoms with Crippen LogP contribution in [-0.2, 0) is 11.3 Å². The van der Waals surface area contributed by atoms with Crippen molar-refractivity contribution in [2.75, 3.05) is 19.8 Å². The molecule has 1 amide bonds. The zero-order valence-corrected chi connectivity index (χ0v) is 16.3. The number of aliphatic hydroxyl groups excluding tert-OH is 1. The van der Waals surface area contributed by atoms with E-state index < -0.39 is 18.2 Å². The molecule has 0 bridgehead atoms. The average molecular weight is 406 g/mol. The fourth-order valence-electron chi connectivity index (χ4n) is 3.23. The lowest BCUT2D eigenvalue weighted by Crippen LogP contribution is -2.45. The van der Waals surface area contributed by atoms with Crippen molar-refractivity contribution < 1.29 is 24.1 Å². The number of hydrogen-bond acceptors (Lipinski definition) is 6. The van der Waals surface area contributed by atoms with Gasteiger partial charge in [-0.3, -0.25) is 0 Å². The van der Waals surface area contributed by atoms with Crippen LogP contribution >= 0.6 is 0 Å². The van der Waals surface area contributed by atoms with Crippen LogP contribution in [0.3, 0.4) is 0 Å². The third-order valence-electron chi connectivity index (χ3n) is 4.76. The molecule has 2 aliphatic heterocycles. The van der Waals surface area contributed by atoms with Gasteiger partial charge in [0.2, 0.25) is 0 Å². The van der Waals surface area contributed by atoms with E-state index in [0.717, 1.165) is 5.56 Å². The number of ether oxygens (including phenoxy) is 3. The fourth-order valence-corrected chi connectivity index (χ4v) is 3.23. The number of benzene rings is 2. The van der Waals surface area contributed by atoms with Crippen molar-refractivity contribution in [2.24, 2.45) is 0 Å². The van der Waals surface area contributed by atoms with Crippen LogP contribution in [-0.4, -0.2) is 41.9 Å². The molecule has 0 spiro atoms. The Morgan fingerprint density at radius 2 is 1.83 bits per heavy atom. The largest absolute Gasteiger partial charge is 0.486 e. The van der Waals surface area contributed by atoms with Crippen LogP contribution in [0.2, 0.25) is 0 Å². The van der Waals surface area contributed by atoms with Crippen LogP contribution < -0.4 is 14.8 Å². The van der Waals surface area contributed by atoms with Gasteiger partial charge in [-0.2, -0.15) is 0 Å². The standard InChI is InChI=1S/C23H22N2O5/c26-22(18-8-9-20-21(14-18)29-13-12-28-20)19(15-25-10-4-5-11-25)24-23(27)30-16-17-6-2-1-3-7-17/h1-3,6-11,14,19,22,26H,12-13,15-16H2,(H,24,27)/t19-,22-/m1/s1. The predicted octanol–water partition coefficient (Wildman–Crippen LogP) is 2.88. The van der Waals surface area contributed by atoms with Crippen molar-refractivity contribution in [2.45, 2.75) is 18.8 Å². The zero-order valence-electron chi connectivity index (χ0n) is 16.3. The average Bonchev–Trinajstić information content (AvgIpc) is 3.30. The molecule has 2 aromatic carbocycles. The second-order valence-corrected chi connectivity index (χ2v) is 6.90. The van der Waals surface area contributed by atoms with E-state index in [-0.39, 0.29) is 6.61 Å². The summed E-state index contributed by atoms with van der Waals surface area (Å²) in [5, 5.41) is 13.8. The van der Waals surface area contributed by atoms with Crippen LogP contribution in [0.15, 0.2) is 72.4 Å². The van der Waals surface area contributed by atoms with Gasteiger partial charge in [0.05, 0.1) is 18.4 Å². The molecule has 7 nitrogen and oxygen atoms in total. The second-order valence-electron chi connectivity index (χ2n) is 6.90. The Morgan fingerprint density at radius 3 is 2.60 bits per heavy atom. The maximum atomic E-state index is 12.4. The van der Waals surface area contributed by atoms with Crippen molar-refractivity contribution in [3.63, 3.8) is 0 Å². The highest BCUT2D eigenvalue weighted by Gasteiger charge is 2.27. The summed E-state index contributed by atoms with van der Waals surface area (Å²) in [4.78, 5) is 14.2. The first-order valence-electron chi connectivity index (χ1n) is 9.67. The van der Waals surface area contributed by atoms with Gasteiger partial charge in [-0.25, -0.2) is 4.79 Å². The molecule has 0 saturated carbocycles. The molecule has 2 aromatic rings. The van der Waals surface area contributed by atoms with Crippen molar-refractivity contribution in [1.82, 2.24) is 10.2 Å². The molecule has 0 unspecified atom stereocenters. The van der Waals surface area contributed by atoms with Gasteiger partial charge in [-0.15, -0.1) is 0 Å². The van der Waals surface area contributed by atoms with E-state index in [4.69, 9.17) is 14.2 Å². The van der Waals surface area contributed by atoms with Gasteiger partial charge >= 0.3 is 6.09 Å². The molecule has 0 aliphatic carbocycles. The van der Waals surface area contributed by atoms with Crippen LogP contribution in [0, 0.1) is 0 Å². The Morgan fingerprint density at radius 1 is 1.10 bits per heavy atom. The molecule has 0 saturated heterocycles. The van der Waals surface area contributed by atoms with Gasteiger partial charge in [0.1, 0.15) is 25.9 Å². The van der Waals surface area contributed by atoms with Crippen molar-refractivity contribution in [1.29, 1.82) is 0 Å². The third-order valence-corrected chi connectivity index (χ3v) is 4.76. The number of nitrogens with one attached hydrogen (secondary N) is 1. The minimum atomic E-state index is -0.993. The molecule has 154 valence electrons. The first-order valence-corrected chi connectivity index (χ1v) is 9.67. The molecule has 7 heteroatoms. The molecule has 0 aromatic heterocycles. The van der Waals surface area contributed by atoms with E-state index in [9.17, 15) is 9.90 Å². The number of aliphatic hydroxyl groups is 1. The smallest absolute Gasteiger partial charge is 0.407 e. The lowest BCUT2D eigenvalue weighted by Gasteiger charge is -2.28. The summed E-state index contributed by atoms with van der Waals surface area (Å²) in [5.74, 6) is 1.21. The predicted molar refractivity (Wildman–Crippen MR) is 109 cm³/mol. The number of amides is 1. The summed E-state index contributed by atoms with van der Waals surface area (Å²) >= 11 is 0. The molecule has 2 atom stereocenters. The summed E-state index contributed by atoms with van der Waals surface area (Å²) in [7, 11) is 0. The maximum absolute atomic E-state index is 12.4. The Balaban J connectivity index is 1.45.